The summed E-state index contributed by atoms with van der Waals surface area (Å²) in [5.41, 5.74) is 0. The molecule has 1 aromatic heterocycles. The minimum atomic E-state index is 0.425. The van der Waals surface area contributed by atoms with Gasteiger partial charge in [0.1, 0.15) is 0 Å². The average molecular weight is 266 g/mol. The third-order valence-corrected chi connectivity index (χ3v) is 3.08. The Morgan fingerprint density at radius 2 is 2.26 bits per heavy atom. The van der Waals surface area contributed by atoms with E-state index in [1.54, 1.807) is 19.4 Å². The van der Waals surface area contributed by atoms with Crippen LogP contribution in [0, 0.1) is 0 Å². The fourth-order valence-corrected chi connectivity index (χ4v) is 2.03. The molecule has 0 radical (unpaired) electrons. The first-order valence-corrected chi connectivity index (χ1v) is 6.81. The van der Waals surface area contributed by atoms with E-state index < -0.39 is 0 Å². The first-order chi connectivity index (χ1) is 9.38. The standard InChI is InChI=1S/C13H22N4O2/c1-18-12-5-9-16-13(17-12)15-6-2-10-19-11-3-7-14-8-4-11/h5,9,11,14H,2-4,6-8,10H2,1H3,(H,15,16,17). The molecule has 0 unspecified atom stereocenters. The van der Waals surface area contributed by atoms with Crippen LogP contribution >= 0.6 is 0 Å². The lowest BCUT2D eigenvalue weighted by atomic mass is 10.1. The van der Waals surface area contributed by atoms with Crippen molar-refractivity contribution < 1.29 is 9.47 Å². The molecule has 0 saturated carbocycles. The van der Waals surface area contributed by atoms with Crippen molar-refractivity contribution in [1.82, 2.24) is 15.3 Å². The molecule has 0 aliphatic carbocycles. The molecule has 6 heteroatoms. The number of nitrogens with one attached hydrogen (secondary N) is 2. The Balaban J connectivity index is 1.58. The van der Waals surface area contributed by atoms with E-state index in [0.717, 1.165) is 45.5 Å². The molecule has 0 spiro atoms. The van der Waals surface area contributed by atoms with E-state index >= 15 is 0 Å². The lowest BCUT2D eigenvalue weighted by Gasteiger charge is -2.22. The summed E-state index contributed by atoms with van der Waals surface area (Å²) in [6.07, 6.45) is 5.29. The highest BCUT2D eigenvalue weighted by Crippen LogP contribution is 2.08. The summed E-state index contributed by atoms with van der Waals surface area (Å²) in [6.45, 7) is 3.72. The van der Waals surface area contributed by atoms with Gasteiger partial charge in [-0.05, 0) is 32.4 Å². The predicted octanol–water partition coefficient (Wildman–Crippen LogP) is 1.06. The van der Waals surface area contributed by atoms with E-state index in [-0.39, 0.29) is 0 Å². The van der Waals surface area contributed by atoms with Crippen LogP contribution < -0.4 is 15.4 Å². The van der Waals surface area contributed by atoms with Gasteiger partial charge in [0.2, 0.25) is 11.8 Å². The highest BCUT2D eigenvalue weighted by atomic mass is 16.5. The molecule has 1 aliphatic rings. The Labute approximate surface area is 113 Å². The lowest BCUT2D eigenvalue weighted by molar-refractivity contribution is 0.0329. The monoisotopic (exact) mass is 266 g/mol. The summed E-state index contributed by atoms with van der Waals surface area (Å²) in [5.74, 6) is 1.17. The zero-order valence-electron chi connectivity index (χ0n) is 11.4. The van der Waals surface area contributed by atoms with E-state index in [2.05, 4.69) is 20.6 Å². The number of methoxy groups -OCH3 is 1. The Morgan fingerprint density at radius 1 is 1.42 bits per heavy atom. The Hall–Kier alpha value is -1.40. The lowest BCUT2D eigenvalue weighted by Crippen LogP contribution is -2.32. The first kappa shape index (κ1) is 14.0. The van der Waals surface area contributed by atoms with Crippen molar-refractivity contribution in [1.29, 1.82) is 0 Å². The van der Waals surface area contributed by atoms with Crippen LogP contribution in [-0.2, 0) is 4.74 Å². The van der Waals surface area contributed by atoms with Crippen LogP contribution in [0.25, 0.3) is 0 Å². The Kier molecular flexibility index (Phi) is 5.84. The van der Waals surface area contributed by atoms with Gasteiger partial charge in [0.05, 0.1) is 13.2 Å². The normalized spacial score (nSPS) is 16.3. The van der Waals surface area contributed by atoms with Crippen molar-refractivity contribution in [3.05, 3.63) is 12.3 Å². The van der Waals surface area contributed by atoms with Gasteiger partial charge >= 0.3 is 0 Å². The van der Waals surface area contributed by atoms with Crippen LogP contribution in [0.4, 0.5) is 5.95 Å². The van der Waals surface area contributed by atoms with E-state index in [9.17, 15) is 0 Å². The van der Waals surface area contributed by atoms with Crippen LogP contribution in [0.3, 0.4) is 0 Å². The third-order valence-electron chi connectivity index (χ3n) is 3.08. The molecule has 106 valence electrons. The van der Waals surface area contributed by atoms with Gasteiger partial charge in [-0.3, -0.25) is 0 Å². The maximum atomic E-state index is 5.82. The molecule has 6 nitrogen and oxygen atoms in total. The van der Waals surface area contributed by atoms with Gasteiger partial charge in [-0.25, -0.2) is 4.98 Å². The molecule has 2 rings (SSSR count). The molecule has 1 aromatic rings. The molecule has 0 bridgehead atoms. The van der Waals surface area contributed by atoms with E-state index in [0.29, 0.717) is 17.9 Å². The molecule has 19 heavy (non-hydrogen) atoms. The molecular weight excluding hydrogens is 244 g/mol. The van der Waals surface area contributed by atoms with Crippen molar-refractivity contribution in [3.8, 4) is 5.88 Å². The second kappa shape index (κ2) is 7.91. The maximum absolute atomic E-state index is 5.82. The second-order valence-electron chi connectivity index (χ2n) is 4.52. The highest BCUT2D eigenvalue weighted by Gasteiger charge is 2.12. The van der Waals surface area contributed by atoms with Crippen LogP contribution in [0.15, 0.2) is 12.3 Å². The van der Waals surface area contributed by atoms with Crippen molar-refractivity contribution in [2.24, 2.45) is 0 Å². The molecule has 0 amide bonds. The number of nitrogens with zero attached hydrogens (tertiary/aromatic N) is 2. The number of rotatable bonds is 7. The number of ether oxygens (including phenoxy) is 2. The molecule has 1 saturated heterocycles. The largest absolute Gasteiger partial charge is 0.481 e. The summed E-state index contributed by atoms with van der Waals surface area (Å²) in [6, 6.07) is 1.73. The Bertz CT molecular complexity index is 369. The molecule has 1 fully saturated rings. The van der Waals surface area contributed by atoms with Gasteiger partial charge in [0.15, 0.2) is 0 Å². The average Bonchev–Trinajstić information content (AvgIpc) is 2.48. The summed E-state index contributed by atoms with van der Waals surface area (Å²) >= 11 is 0. The zero-order chi connectivity index (χ0) is 13.3. The fraction of sp³-hybridized carbons (Fsp3) is 0.692. The van der Waals surface area contributed by atoms with E-state index in [1.807, 2.05) is 0 Å². The number of anilines is 1. The van der Waals surface area contributed by atoms with Crippen molar-refractivity contribution in [2.45, 2.75) is 25.4 Å². The summed E-state index contributed by atoms with van der Waals surface area (Å²) < 4.78 is 10.9. The first-order valence-electron chi connectivity index (χ1n) is 6.81. The summed E-state index contributed by atoms with van der Waals surface area (Å²) in [4.78, 5) is 8.31. The highest BCUT2D eigenvalue weighted by molar-refractivity contribution is 5.26. The Morgan fingerprint density at radius 3 is 3.05 bits per heavy atom. The van der Waals surface area contributed by atoms with Crippen molar-refractivity contribution in [3.63, 3.8) is 0 Å². The van der Waals surface area contributed by atoms with Gasteiger partial charge in [-0.1, -0.05) is 0 Å². The zero-order valence-corrected chi connectivity index (χ0v) is 11.4. The number of aromatic nitrogens is 2. The number of hydrogen-bond donors (Lipinski definition) is 2. The van der Waals surface area contributed by atoms with Crippen LogP contribution in [-0.4, -0.2) is 49.4 Å². The van der Waals surface area contributed by atoms with Crippen molar-refractivity contribution in [2.75, 3.05) is 38.7 Å². The number of hydrogen-bond acceptors (Lipinski definition) is 6. The quantitative estimate of drug-likeness (QED) is 0.719. The van der Waals surface area contributed by atoms with Crippen LogP contribution in [0.5, 0.6) is 5.88 Å². The fourth-order valence-electron chi connectivity index (χ4n) is 2.03. The number of piperidine rings is 1. The molecule has 2 heterocycles. The molecule has 0 aromatic carbocycles. The topological polar surface area (TPSA) is 68.3 Å². The molecule has 0 atom stereocenters. The predicted molar refractivity (Wildman–Crippen MR) is 73.5 cm³/mol. The summed E-state index contributed by atoms with van der Waals surface area (Å²) in [5, 5.41) is 6.49. The van der Waals surface area contributed by atoms with Gasteiger partial charge in [0.25, 0.3) is 0 Å². The SMILES string of the molecule is COc1ccnc(NCCCOC2CCNCC2)n1. The van der Waals surface area contributed by atoms with Crippen molar-refractivity contribution >= 4 is 5.95 Å². The van der Waals surface area contributed by atoms with Gasteiger partial charge in [-0.2, -0.15) is 4.98 Å². The minimum Gasteiger partial charge on any atom is -0.481 e. The second-order valence-corrected chi connectivity index (χ2v) is 4.52. The third kappa shape index (κ3) is 5.00. The van der Waals surface area contributed by atoms with Gasteiger partial charge < -0.3 is 20.1 Å². The van der Waals surface area contributed by atoms with E-state index in [1.165, 1.54) is 0 Å². The summed E-state index contributed by atoms with van der Waals surface area (Å²) in [7, 11) is 1.60. The maximum Gasteiger partial charge on any atom is 0.225 e. The van der Waals surface area contributed by atoms with Crippen LogP contribution in [0.2, 0.25) is 0 Å². The van der Waals surface area contributed by atoms with Gasteiger partial charge in [0, 0.05) is 25.4 Å². The smallest absolute Gasteiger partial charge is 0.225 e. The molecule has 1 aliphatic heterocycles. The van der Waals surface area contributed by atoms with E-state index in [4.69, 9.17) is 9.47 Å². The van der Waals surface area contributed by atoms with Crippen LogP contribution in [0.1, 0.15) is 19.3 Å². The molecular formula is C13H22N4O2. The van der Waals surface area contributed by atoms with Gasteiger partial charge in [-0.15, -0.1) is 0 Å². The molecule has 2 N–H and O–H groups in total. The minimum absolute atomic E-state index is 0.425.